The van der Waals surface area contributed by atoms with E-state index < -0.39 is 23.7 Å². The van der Waals surface area contributed by atoms with Crippen LogP contribution in [0, 0.1) is 5.92 Å². The van der Waals surface area contributed by atoms with Gasteiger partial charge in [0.2, 0.25) is 0 Å². The summed E-state index contributed by atoms with van der Waals surface area (Å²) in [4.78, 5) is 36.6. The number of unbranched alkanes of at least 4 members (excludes halogenated alkanes) is 5. The molecule has 2 atom stereocenters. The van der Waals surface area contributed by atoms with Crippen LogP contribution in [0.5, 0.6) is 0 Å². The molecule has 0 rings (SSSR count). The van der Waals surface area contributed by atoms with E-state index in [0.29, 0.717) is 19.4 Å². The Morgan fingerprint density at radius 1 is 0.788 bits per heavy atom. The molecule has 0 radical (unpaired) electrons. The molecule has 0 fully saturated rings. The van der Waals surface area contributed by atoms with Gasteiger partial charge in [-0.2, -0.15) is 0 Å². The number of carbonyl (C=O) groups is 3. The Morgan fingerprint density at radius 3 is 1.91 bits per heavy atom. The van der Waals surface area contributed by atoms with E-state index in [1.807, 2.05) is 0 Å². The summed E-state index contributed by atoms with van der Waals surface area (Å²) in [7, 11) is 0. The van der Waals surface area contributed by atoms with Crippen LogP contribution in [-0.2, 0) is 23.8 Å². The van der Waals surface area contributed by atoms with Crippen LogP contribution in [-0.4, -0.2) is 49.4 Å². The number of amides is 1. The second kappa shape index (κ2) is 18.6. The highest BCUT2D eigenvalue weighted by Gasteiger charge is 2.25. The van der Waals surface area contributed by atoms with Gasteiger partial charge in [-0.25, -0.2) is 9.59 Å². The van der Waals surface area contributed by atoms with E-state index in [4.69, 9.17) is 19.9 Å². The Bertz CT molecular complexity index is 548. The van der Waals surface area contributed by atoms with E-state index in [0.717, 1.165) is 38.5 Å². The minimum Gasteiger partial charge on any atom is -0.465 e. The van der Waals surface area contributed by atoms with Crippen molar-refractivity contribution in [1.82, 2.24) is 5.32 Å². The number of alkyl carbamates (subject to hydrolysis) is 1. The van der Waals surface area contributed by atoms with Crippen molar-refractivity contribution in [2.24, 2.45) is 11.7 Å². The number of nitrogens with two attached hydrogens (primary N) is 1. The van der Waals surface area contributed by atoms with Gasteiger partial charge in [0.15, 0.2) is 0 Å². The van der Waals surface area contributed by atoms with Crippen molar-refractivity contribution in [3.8, 4) is 0 Å². The first kappa shape index (κ1) is 31.2. The standard InChI is InChI=1S/C25H48N2O6/c1-6-8-10-11-15-20(14-9-7-2)22(28)31-18-12-13-19-32-23(29)21(16-17-26)27-24(30)33-25(3,4)5/h20-21H,6-19,26H2,1-5H3,(H,27,30)/t20?,21-/m0/s1. The zero-order valence-electron chi connectivity index (χ0n) is 21.6. The molecule has 33 heavy (non-hydrogen) atoms. The number of hydrogen-bond acceptors (Lipinski definition) is 7. The van der Waals surface area contributed by atoms with E-state index >= 15 is 0 Å². The Hall–Kier alpha value is -1.83. The van der Waals surface area contributed by atoms with Gasteiger partial charge in [-0.3, -0.25) is 4.79 Å². The van der Waals surface area contributed by atoms with E-state index in [1.165, 1.54) is 12.8 Å². The number of esters is 2. The molecule has 0 aromatic rings. The lowest BCUT2D eigenvalue weighted by Gasteiger charge is -2.22. The average Bonchev–Trinajstić information content (AvgIpc) is 2.73. The molecule has 194 valence electrons. The highest BCUT2D eigenvalue weighted by Crippen LogP contribution is 2.19. The normalized spacial score (nSPS) is 13.2. The van der Waals surface area contributed by atoms with Crippen LogP contribution >= 0.6 is 0 Å². The van der Waals surface area contributed by atoms with Crippen LogP contribution in [0.4, 0.5) is 4.79 Å². The molecule has 0 bridgehead atoms. The summed E-state index contributed by atoms with van der Waals surface area (Å²) in [5.74, 6) is -0.674. The second-order valence-electron chi connectivity index (χ2n) is 9.51. The number of nitrogens with one attached hydrogen (secondary N) is 1. The number of rotatable bonds is 18. The lowest BCUT2D eigenvalue weighted by molar-refractivity contribution is -0.150. The van der Waals surface area contributed by atoms with E-state index in [-0.39, 0.29) is 31.5 Å². The molecule has 0 aliphatic rings. The molecule has 1 amide bonds. The molecule has 0 heterocycles. The zero-order chi connectivity index (χ0) is 25.1. The van der Waals surface area contributed by atoms with Gasteiger partial charge in [-0.15, -0.1) is 0 Å². The molecule has 8 heteroatoms. The quantitative estimate of drug-likeness (QED) is 0.166. The van der Waals surface area contributed by atoms with Gasteiger partial charge >= 0.3 is 18.0 Å². The Balaban J connectivity index is 4.25. The summed E-state index contributed by atoms with van der Waals surface area (Å²) >= 11 is 0. The third kappa shape index (κ3) is 17.3. The maximum atomic E-state index is 12.4. The molecule has 0 aliphatic carbocycles. The predicted molar refractivity (Wildman–Crippen MR) is 130 cm³/mol. The van der Waals surface area contributed by atoms with Gasteiger partial charge in [-0.1, -0.05) is 52.4 Å². The maximum absolute atomic E-state index is 12.4. The molecular formula is C25H48N2O6. The molecule has 0 aromatic carbocycles. The van der Waals surface area contributed by atoms with Crippen LogP contribution in [0.15, 0.2) is 0 Å². The van der Waals surface area contributed by atoms with Crippen LogP contribution in [0.1, 0.15) is 105 Å². The number of hydrogen-bond donors (Lipinski definition) is 2. The van der Waals surface area contributed by atoms with Crippen molar-refractivity contribution in [3.63, 3.8) is 0 Å². The summed E-state index contributed by atoms with van der Waals surface area (Å²) < 4.78 is 15.9. The molecule has 1 unspecified atom stereocenters. The molecule has 3 N–H and O–H groups in total. The van der Waals surface area contributed by atoms with Crippen molar-refractivity contribution in [2.75, 3.05) is 19.8 Å². The van der Waals surface area contributed by atoms with Crippen molar-refractivity contribution in [3.05, 3.63) is 0 Å². The SMILES string of the molecule is CCCCCCC(CCCC)C(=O)OCCCCOC(=O)[C@H](CCN)NC(=O)OC(C)(C)C. The first-order valence-electron chi connectivity index (χ1n) is 12.7. The van der Waals surface area contributed by atoms with Gasteiger partial charge in [0.1, 0.15) is 11.6 Å². The van der Waals surface area contributed by atoms with Gasteiger partial charge in [-0.05, 0) is 59.4 Å². The third-order valence-electron chi connectivity index (χ3n) is 5.10. The Labute approximate surface area is 200 Å². The first-order valence-corrected chi connectivity index (χ1v) is 12.7. The Morgan fingerprint density at radius 2 is 1.36 bits per heavy atom. The molecular weight excluding hydrogens is 424 g/mol. The van der Waals surface area contributed by atoms with Crippen molar-refractivity contribution >= 4 is 18.0 Å². The van der Waals surface area contributed by atoms with Crippen LogP contribution < -0.4 is 11.1 Å². The Kier molecular flexibility index (Phi) is 17.6. The molecule has 0 spiro atoms. The summed E-state index contributed by atoms with van der Waals surface area (Å²) in [6.07, 6.45) is 9.23. The highest BCUT2D eigenvalue weighted by atomic mass is 16.6. The predicted octanol–water partition coefficient (Wildman–Crippen LogP) is 4.87. The maximum Gasteiger partial charge on any atom is 0.408 e. The van der Waals surface area contributed by atoms with E-state index in [2.05, 4.69) is 19.2 Å². The molecule has 0 aromatic heterocycles. The average molecular weight is 473 g/mol. The van der Waals surface area contributed by atoms with Crippen LogP contribution in [0.2, 0.25) is 0 Å². The van der Waals surface area contributed by atoms with Crippen LogP contribution in [0.3, 0.4) is 0 Å². The summed E-state index contributed by atoms with van der Waals surface area (Å²) in [5.41, 5.74) is 4.88. The third-order valence-corrected chi connectivity index (χ3v) is 5.10. The van der Waals surface area contributed by atoms with E-state index in [9.17, 15) is 14.4 Å². The fourth-order valence-corrected chi connectivity index (χ4v) is 3.28. The zero-order valence-corrected chi connectivity index (χ0v) is 21.6. The lowest BCUT2D eigenvalue weighted by Crippen LogP contribution is -2.45. The van der Waals surface area contributed by atoms with Crippen molar-refractivity contribution in [2.45, 2.75) is 117 Å². The van der Waals surface area contributed by atoms with Crippen molar-refractivity contribution in [1.29, 1.82) is 0 Å². The van der Waals surface area contributed by atoms with Gasteiger partial charge in [0.25, 0.3) is 0 Å². The van der Waals surface area contributed by atoms with Gasteiger partial charge in [0, 0.05) is 0 Å². The minimum atomic E-state index is -0.852. The van der Waals surface area contributed by atoms with Gasteiger partial charge in [0.05, 0.1) is 19.1 Å². The monoisotopic (exact) mass is 472 g/mol. The smallest absolute Gasteiger partial charge is 0.408 e. The fourth-order valence-electron chi connectivity index (χ4n) is 3.28. The summed E-state index contributed by atoms with van der Waals surface area (Å²) in [6.45, 7) is 10.3. The highest BCUT2D eigenvalue weighted by molar-refractivity contribution is 5.81. The molecule has 0 saturated carbocycles. The summed E-state index contributed by atoms with van der Waals surface area (Å²) in [6, 6.07) is -0.852. The number of carbonyl (C=O) groups excluding carboxylic acids is 3. The van der Waals surface area contributed by atoms with Crippen LogP contribution in [0.25, 0.3) is 0 Å². The summed E-state index contributed by atoms with van der Waals surface area (Å²) in [5, 5.41) is 2.51. The second-order valence-corrected chi connectivity index (χ2v) is 9.51. The van der Waals surface area contributed by atoms with E-state index in [1.54, 1.807) is 20.8 Å². The molecule has 0 aliphatic heterocycles. The lowest BCUT2D eigenvalue weighted by atomic mass is 9.95. The number of ether oxygens (including phenoxy) is 3. The van der Waals surface area contributed by atoms with Gasteiger partial charge < -0.3 is 25.3 Å². The topological polar surface area (TPSA) is 117 Å². The van der Waals surface area contributed by atoms with Crippen molar-refractivity contribution < 1.29 is 28.6 Å². The largest absolute Gasteiger partial charge is 0.465 e. The minimum absolute atomic E-state index is 0.0180. The fraction of sp³-hybridized carbons (Fsp3) is 0.880. The molecule has 0 saturated heterocycles. The molecule has 8 nitrogen and oxygen atoms in total. The first-order chi connectivity index (χ1) is 15.6.